The smallest absolute Gasteiger partial charge is 0.361 e. The van der Waals surface area contributed by atoms with E-state index in [0.717, 1.165) is 10.9 Å². The molecule has 2 rings (SSSR count). The van der Waals surface area contributed by atoms with E-state index in [2.05, 4.69) is 4.98 Å². The van der Waals surface area contributed by atoms with E-state index < -0.39 is 20.4 Å². The van der Waals surface area contributed by atoms with Gasteiger partial charge in [0.1, 0.15) is 0 Å². The van der Waals surface area contributed by atoms with Gasteiger partial charge in [-0.25, -0.2) is 13.6 Å². The molecule has 1 aromatic heterocycles. The lowest BCUT2D eigenvalue weighted by atomic mass is 10.2. The van der Waals surface area contributed by atoms with Crippen molar-refractivity contribution >= 4 is 31.3 Å². The molecule has 0 aliphatic carbocycles. The molecule has 0 saturated heterocycles. The van der Waals surface area contributed by atoms with Gasteiger partial charge in [-0.2, -0.15) is 8.42 Å². The maximum absolute atomic E-state index is 10.8. The molecule has 5 N–H and O–H groups in total. The number of fused-ring (bicyclic) bond motifs is 1. The number of hydrogen-bond acceptors (Lipinski definition) is 4. The molecule has 0 spiro atoms. The summed E-state index contributed by atoms with van der Waals surface area (Å²) in [4.78, 5) is 3.03. The third-order valence-corrected chi connectivity index (χ3v) is 2.72. The fourth-order valence-corrected chi connectivity index (χ4v) is 2.07. The summed E-state index contributed by atoms with van der Waals surface area (Å²) in [5, 5.41) is 5.94. The first-order valence-electron chi connectivity index (χ1n) is 4.81. The van der Waals surface area contributed by atoms with Crippen LogP contribution in [0.25, 0.3) is 10.9 Å². The number of H-pyrrole nitrogens is 1. The summed E-state index contributed by atoms with van der Waals surface area (Å²) in [6, 6.07) is 7.30. The first kappa shape index (κ1) is 15.6. The monoisotopic (exact) mass is 308 g/mol. The van der Waals surface area contributed by atoms with Crippen LogP contribution in [0.5, 0.6) is 0 Å². The van der Waals surface area contributed by atoms with Gasteiger partial charge in [0, 0.05) is 11.7 Å². The second-order valence-electron chi connectivity index (χ2n) is 3.65. The van der Waals surface area contributed by atoms with Crippen LogP contribution in [0, 0.1) is 0 Å². The average Bonchev–Trinajstić information content (AvgIpc) is 2.58. The van der Waals surface area contributed by atoms with Crippen LogP contribution in [0.4, 0.5) is 0 Å². The molecule has 10 heteroatoms. The molecule has 0 radical (unpaired) electrons. The maximum atomic E-state index is 10.8. The Morgan fingerprint density at radius 1 is 1.11 bits per heavy atom. The van der Waals surface area contributed by atoms with Gasteiger partial charge in [-0.15, -0.1) is 0 Å². The molecule has 0 aliphatic heterocycles. The lowest BCUT2D eigenvalue weighted by molar-refractivity contribution is 0.381. The highest BCUT2D eigenvalue weighted by atomic mass is 32.3. The summed E-state index contributed by atoms with van der Waals surface area (Å²) in [6.07, 6.45) is 1.81. The summed E-state index contributed by atoms with van der Waals surface area (Å²) in [5.74, 6) is -0.117. The quantitative estimate of drug-likeness (QED) is 0.586. The Bertz CT molecular complexity index is 755. The lowest BCUT2D eigenvalue weighted by Gasteiger charge is -1.98. The normalized spacial score (nSPS) is 11.9. The van der Waals surface area contributed by atoms with Crippen LogP contribution in [-0.4, -0.2) is 30.9 Å². The van der Waals surface area contributed by atoms with Gasteiger partial charge in [-0.3, -0.25) is 9.11 Å². The molecule has 0 saturated carbocycles. The van der Waals surface area contributed by atoms with E-state index in [1.54, 1.807) is 6.07 Å². The molecule has 0 bridgehead atoms. The van der Waals surface area contributed by atoms with Crippen molar-refractivity contribution in [2.24, 2.45) is 5.14 Å². The first-order chi connectivity index (χ1) is 8.54. The highest BCUT2D eigenvalue weighted by Gasteiger charge is 2.05. The number of aromatic amines is 1. The van der Waals surface area contributed by atoms with Gasteiger partial charge in [-0.1, -0.05) is 6.07 Å². The van der Waals surface area contributed by atoms with E-state index >= 15 is 0 Å². The average molecular weight is 308 g/mol. The number of sulfonamides is 1. The standard InChI is InChI=1S/C9H10N2O2S.H2O4S/c10-14(12,13)6-7-1-2-9-8(5-7)3-4-11-9;1-5(2,3)4/h1-5,11H,6H2,(H2,10,12,13);(H2,1,2,3,4). The molecule has 106 valence electrons. The minimum atomic E-state index is -4.67. The van der Waals surface area contributed by atoms with Crippen LogP contribution in [0.1, 0.15) is 5.56 Å². The Balaban J connectivity index is 0.000000312. The van der Waals surface area contributed by atoms with Crippen molar-refractivity contribution < 1.29 is 25.9 Å². The van der Waals surface area contributed by atoms with Crippen molar-refractivity contribution in [3.8, 4) is 0 Å². The van der Waals surface area contributed by atoms with Crippen LogP contribution in [0.2, 0.25) is 0 Å². The summed E-state index contributed by atoms with van der Waals surface area (Å²) < 4.78 is 53.3. The van der Waals surface area contributed by atoms with Crippen LogP contribution < -0.4 is 5.14 Å². The van der Waals surface area contributed by atoms with Gasteiger partial charge < -0.3 is 4.98 Å². The van der Waals surface area contributed by atoms with Crippen LogP contribution in [0.15, 0.2) is 30.5 Å². The second-order valence-corrected chi connectivity index (χ2v) is 6.16. The zero-order chi connectivity index (χ0) is 14.7. The molecule has 8 nitrogen and oxygen atoms in total. The Labute approximate surface area is 109 Å². The van der Waals surface area contributed by atoms with Gasteiger partial charge >= 0.3 is 10.4 Å². The largest absolute Gasteiger partial charge is 0.394 e. The van der Waals surface area contributed by atoms with E-state index in [1.807, 2.05) is 24.4 Å². The Hall–Kier alpha value is -1.46. The minimum absolute atomic E-state index is 0.117. The number of benzene rings is 1. The molecule has 0 amide bonds. The van der Waals surface area contributed by atoms with Gasteiger partial charge in [0.15, 0.2) is 0 Å². The number of rotatable bonds is 2. The molecule has 0 unspecified atom stereocenters. The van der Waals surface area contributed by atoms with Crippen molar-refractivity contribution in [3.05, 3.63) is 36.0 Å². The number of hydrogen-bond donors (Lipinski definition) is 4. The zero-order valence-corrected chi connectivity index (χ0v) is 11.1. The van der Waals surface area contributed by atoms with Crippen molar-refractivity contribution in [2.45, 2.75) is 5.75 Å². The molecule has 19 heavy (non-hydrogen) atoms. The van der Waals surface area contributed by atoms with Gasteiger partial charge in [0.2, 0.25) is 10.0 Å². The number of aromatic nitrogens is 1. The van der Waals surface area contributed by atoms with Gasteiger partial charge in [0.05, 0.1) is 5.75 Å². The summed E-state index contributed by atoms with van der Waals surface area (Å²) in [6.45, 7) is 0. The first-order valence-corrected chi connectivity index (χ1v) is 7.92. The second kappa shape index (κ2) is 5.67. The Morgan fingerprint density at radius 2 is 1.68 bits per heavy atom. The molecular weight excluding hydrogens is 296 g/mol. The topological polar surface area (TPSA) is 151 Å². The number of nitrogens with two attached hydrogens (primary N) is 1. The fraction of sp³-hybridized carbons (Fsp3) is 0.111. The Morgan fingerprint density at radius 3 is 2.21 bits per heavy atom. The molecule has 1 aromatic carbocycles. The summed E-state index contributed by atoms with van der Waals surface area (Å²) >= 11 is 0. The van der Waals surface area contributed by atoms with Crippen molar-refractivity contribution in [1.82, 2.24) is 4.98 Å². The SMILES string of the molecule is NS(=O)(=O)Cc1ccc2[nH]ccc2c1.O=S(=O)(O)O. The number of nitrogens with one attached hydrogen (secondary N) is 1. The van der Waals surface area contributed by atoms with E-state index in [9.17, 15) is 8.42 Å². The summed E-state index contributed by atoms with van der Waals surface area (Å²) in [5.41, 5.74) is 1.70. The molecule has 2 aromatic rings. The summed E-state index contributed by atoms with van der Waals surface area (Å²) in [7, 11) is -8.11. The molecule has 1 heterocycles. The van der Waals surface area contributed by atoms with Crippen molar-refractivity contribution in [2.75, 3.05) is 0 Å². The minimum Gasteiger partial charge on any atom is -0.361 e. The molecule has 0 aliphatic rings. The van der Waals surface area contributed by atoms with E-state index in [0.29, 0.717) is 5.56 Å². The van der Waals surface area contributed by atoms with Crippen molar-refractivity contribution in [1.29, 1.82) is 0 Å². The highest BCUT2D eigenvalue weighted by Crippen LogP contribution is 2.15. The molecule has 0 atom stereocenters. The van der Waals surface area contributed by atoms with Crippen LogP contribution in [-0.2, 0) is 26.2 Å². The van der Waals surface area contributed by atoms with E-state index in [-0.39, 0.29) is 5.75 Å². The van der Waals surface area contributed by atoms with E-state index in [4.69, 9.17) is 22.7 Å². The molecule has 0 fully saturated rings. The predicted molar refractivity (Wildman–Crippen MR) is 69.3 cm³/mol. The molecular formula is C9H12N2O6S2. The third kappa shape index (κ3) is 6.88. The highest BCUT2D eigenvalue weighted by molar-refractivity contribution is 7.88. The van der Waals surface area contributed by atoms with Crippen LogP contribution >= 0.6 is 0 Å². The zero-order valence-electron chi connectivity index (χ0n) is 9.52. The van der Waals surface area contributed by atoms with E-state index in [1.165, 1.54) is 0 Å². The number of primary sulfonamides is 1. The van der Waals surface area contributed by atoms with Gasteiger partial charge in [0.25, 0.3) is 0 Å². The fourth-order valence-electron chi connectivity index (χ4n) is 1.42. The lowest BCUT2D eigenvalue weighted by Crippen LogP contribution is -2.14. The third-order valence-electron chi connectivity index (χ3n) is 1.99. The van der Waals surface area contributed by atoms with Gasteiger partial charge in [-0.05, 0) is 29.1 Å². The van der Waals surface area contributed by atoms with Crippen molar-refractivity contribution in [3.63, 3.8) is 0 Å². The van der Waals surface area contributed by atoms with Crippen LogP contribution in [0.3, 0.4) is 0 Å². The predicted octanol–water partition coefficient (Wildman–Crippen LogP) is 0.304. The maximum Gasteiger partial charge on any atom is 0.394 e. The Kier molecular flexibility index (Phi) is 4.66.